The number of fused-ring (bicyclic) bond motifs is 1. The molecule has 5 nitrogen and oxygen atoms in total. The van der Waals surface area contributed by atoms with E-state index >= 15 is 4.39 Å². The van der Waals surface area contributed by atoms with Gasteiger partial charge in [-0.3, -0.25) is 4.98 Å². The van der Waals surface area contributed by atoms with E-state index in [4.69, 9.17) is 0 Å². The van der Waals surface area contributed by atoms with E-state index < -0.39 is 16.1 Å². The molecule has 0 amide bonds. The van der Waals surface area contributed by atoms with Gasteiger partial charge in [-0.1, -0.05) is 26.8 Å². The van der Waals surface area contributed by atoms with Crippen LogP contribution in [0.3, 0.4) is 0 Å². The lowest BCUT2D eigenvalue weighted by atomic mass is 9.96. The Balaban J connectivity index is 1.63. The van der Waals surface area contributed by atoms with Crippen LogP contribution < -0.4 is 4.72 Å². The normalized spacial score (nSPS) is 18.1. The van der Waals surface area contributed by atoms with Gasteiger partial charge in [0.1, 0.15) is 5.82 Å². The number of aromatic nitrogens is 2. The van der Waals surface area contributed by atoms with Crippen LogP contribution in [0.4, 0.5) is 4.39 Å². The molecule has 1 unspecified atom stereocenters. The number of halogens is 1. The summed E-state index contributed by atoms with van der Waals surface area (Å²) in [7, 11) is -3.36. The van der Waals surface area contributed by atoms with E-state index in [9.17, 15) is 8.42 Å². The molecule has 5 rings (SSSR count). The van der Waals surface area contributed by atoms with Gasteiger partial charge in [-0.15, -0.1) is 0 Å². The molecule has 1 N–H and O–H groups in total. The Hall–Kier alpha value is -2.25. The fraction of sp³-hybridized carbons (Fsp3) is 0.500. The van der Waals surface area contributed by atoms with E-state index in [1.54, 1.807) is 12.3 Å². The summed E-state index contributed by atoms with van der Waals surface area (Å²) in [6.45, 7) is 9.05. The number of nitrogens with one attached hydrogen (secondary N) is 1. The van der Waals surface area contributed by atoms with Gasteiger partial charge in [0.2, 0.25) is 10.0 Å². The fourth-order valence-electron chi connectivity index (χ4n) is 4.66. The van der Waals surface area contributed by atoms with Crippen molar-refractivity contribution in [2.45, 2.75) is 77.1 Å². The van der Waals surface area contributed by atoms with Crippen LogP contribution in [0.1, 0.15) is 76.5 Å². The van der Waals surface area contributed by atoms with Crippen molar-refractivity contribution in [1.29, 1.82) is 0 Å². The highest BCUT2D eigenvalue weighted by Gasteiger charge is 2.37. The van der Waals surface area contributed by atoms with Crippen molar-refractivity contribution >= 4 is 20.9 Å². The summed E-state index contributed by atoms with van der Waals surface area (Å²) in [6, 6.07) is 6.99. The molecule has 3 aromatic rings. The monoisotopic (exact) mass is 469 g/mol. The molecule has 2 aliphatic rings. The van der Waals surface area contributed by atoms with E-state index in [1.165, 1.54) is 0 Å². The highest BCUT2D eigenvalue weighted by Crippen LogP contribution is 2.45. The molecule has 2 aromatic heterocycles. The van der Waals surface area contributed by atoms with Gasteiger partial charge in [0.05, 0.1) is 10.9 Å². The molecule has 7 heteroatoms. The highest BCUT2D eigenvalue weighted by molar-refractivity contribution is 7.90. The molecule has 2 heterocycles. The predicted octanol–water partition coefficient (Wildman–Crippen LogP) is 5.91. The molecule has 0 aliphatic heterocycles. The number of benzene rings is 1. The first-order chi connectivity index (χ1) is 15.5. The molecule has 1 aromatic carbocycles. The minimum Gasteiger partial charge on any atom is -0.347 e. The number of sulfonamides is 1. The molecule has 33 heavy (non-hydrogen) atoms. The zero-order chi connectivity index (χ0) is 23.5. The summed E-state index contributed by atoms with van der Waals surface area (Å²) in [4.78, 5) is 4.56. The lowest BCUT2D eigenvalue weighted by Crippen LogP contribution is -2.29. The average Bonchev–Trinajstić information content (AvgIpc) is 3.63. The van der Waals surface area contributed by atoms with E-state index in [0.29, 0.717) is 30.0 Å². The third-order valence-electron chi connectivity index (χ3n) is 6.53. The summed E-state index contributed by atoms with van der Waals surface area (Å²) in [5.41, 5.74) is 4.03. The summed E-state index contributed by atoms with van der Waals surface area (Å²) in [6.07, 6.45) is 7.36. The third kappa shape index (κ3) is 4.58. The van der Waals surface area contributed by atoms with Gasteiger partial charge in [0.25, 0.3) is 0 Å². The number of rotatable bonds is 7. The summed E-state index contributed by atoms with van der Waals surface area (Å²) in [5, 5.41) is 0.451. The Kier molecular flexibility index (Phi) is 5.40. The van der Waals surface area contributed by atoms with E-state index in [-0.39, 0.29) is 16.5 Å². The minimum atomic E-state index is -3.36. The van der Waals surface area contributed by atoms with Crippen LogP contribution in [0.5, 0.6) is 0 Å². The second kappa shape index (κ2) is 7.91. The largest absolute Gasteiger partial charge is 0.347 e. The minimum absolute atomic E-state index is 0.00129. The molecule has 0 radical (unpaired) electrons. The smallest absolute Gasteiger partial charge is 0.215 e. The maximum absolute atomic E-state index is 15.5. The number of pyridine rings is 1. The zero-order valence-electron chi connectivity index (χ0n) is 19.7. The second-order valence-electron chi connectivity index (χ2n) is 10.9. The van der Waals surface area contributed by atoms with Crippen molar-refractivity contribution in [1.82, 2.24) is 14.3 Å². The Morgan fingerprint density at radius 2 is 1.94 bits per heavy atom. The lowest BCUT2D eigenvalue weighted by molar-refractivity contribution is 0.349. The second-order valence-corrected chi connectivity index (χ2v) is 12.9. The maximum Gasteiger partial charge on any atom is 0.215 e. The van der Waals surface area contributed by atoms with Crippen LogP contribution in [0.2, 0.25) is 0 Å². The van der Waals surface area contributed by atoms with Gasteiger partial charge in [0.15, 0.2) is 0 Å². The van der Waals surface area contributed by atoms with Crippen molar-refractivity contribution in [3.05, 3.63) is 53.6 Å². The molecule has 0 bridgehead atoms. The van der Waals surface area contributed by atoms with E-state index in [0.717, 1.165) is 41.4 Å². The van der Waals surface area contributed by atoms with Gasteiger partial charge in [-0.2, -0.15) is 0 Å². The molecular weight excluding hydrogens is 437 g/mol. The van der Waals surface area contributed by atoms with Gasteiger partial charge in [-0.25, -0.2) is 17.5 Å². The molecule has 0 saturated heterocycles. The van der Waals surface area contributed by atoms with Gasteiger partial charge in [0, 0.05) is 41.4 Å². The molecular formula is C26H32FN3O2S. The third-order valence-corrected chi connectivity index (χ3v) is 8.56. The van der Waals surface area contributed by atoms with Crippen molar-refractivity contribution in [2.75, 3.05) is 0 Å². The number of hydrogen-bond acceptors (Lipinski definition) is 3. The average molecular weight is 470 g/mol. The fourth-order valence-corrected chi connectivity index (χ4v) is 6.23. The summed E-state index contributed by atoms with van der Waals surface area (Å²) >= 11 is 0. The standard InChI is InChI=1S/C26H32FN3O2S/c1-16(29-33(31,32)18-9-10-18)22-14-30(15-26(2,3)4)24-13-21(23(27)12-20(22)24)25-19(17-7-8-17)6-5-11-28-25/h5-6,11-14,16-18,29H,7-10,15H2,1-4H3. The van der Waals surface area contributed by atoms with E-state index in [2.05, 4.69) is 41.1 Å². The molecule has 1 atom stereocenters. The van der Waals surface area contributed by atoms with Crippen molar-refractivity contribution in [3.8, 4) is 11.3 Å². The zero-order valence-corrected chi connectivity index (χ0v) is 20.5. The first kappa shape index (κ1) is 22.5. The van der Waals surface area contributed by atoms with Crippen molar-refractivity contribution in [2.24, 2.45) is 5.41 Å². The van der Waals surface area contributed by atoms with Crippen molar-refractivity contribution < 1.29 is 12.8 Å². The molecule has 176 valence electrons. The van der Waals surface area contributed by atoms with Gasteiger partial charge in [-0.05, 0) is 73.3 Å². The van der Waals surface area contributed by atoms with Crippen LogP contribution in [0.25, 0.3) is 22.2 Å². The van der Waals surface area contributed by atoms with Gasteiger partial charge >= 0.3 is 0 Å². The molecule has 2 aliphatic carbocycles. The Morgan fingerprint density at radius 3 is 2.58 bits per heavy atom. The van der Waals surface area contributed by atoms with E-state index in [1.807, 2.05) is 25.3 Å². The predicted molar refractivity (Wildman–Crippen MR) is 130 cm³/mol. The van der Waals surface area contributed by atoms with Crippen LogP contribution in [-0.2, 0) is 16.6 Å². The summed E-state index contributed by atoms with van der Waals surface area (Å²) in [5.74, 6) is 0.132. The van der Waals surface area contributed by atoms with Crippen LogP contribution in [0, 0.1) is 11.2 Å². The van der Waals surface area contributed by atoms with Crippen LogP contribution >= 0.6 is 0 Å². The van der Waals surface area contributed by atoms with Crippen LogP contribution in [-0.4, -0.2) is 23.2 Å². The summed E-state index contributed by atoms with van der Waals surface area (Å²) < 4.78 is 45.6. The SMILES string of the molecule is CC(NS(=O)(=O)C1CC1)c1cn(CC(C)(C)C)c2cc(-c3ncccc3C3CC3)c(F)cc12. The van der Waals surface area contributed by atoms with Crippen molar-refractivity contribution in [3.63, 3.8) is 0 Å². The quantitative estimate of drug-likeness (QED) is 0.468. The molecule has 2 saturated carbocycles. The van der Waals surface area contributed by atoms with Gasteiger partial charge < -0.3 is 4.57 Å². The Labute approximate surface area is 195 Å². The first-order valence-electron chi connectivity index (χ1n) is 11.8. The lowest BCUT2D eigenvalue weighted by Gasteiger charge is -2.20. The maximum atomic E-state index is 15.5. The Morgan fingerprint density at radius 1 is 1.21 bits per heavy atom. The number of hydrogen-bond donors (Lipinski definition) is 1. The Bertz CT molecular complexity index is 1320. The number of nitrogens with zero attached hydrogens (tertiary/aromatic N) is 2. The molecule has 2 fully saturated rings. The first-order valence-corrected chi connectivity index (χ1v) is 13.4. The molecule has 0 spiro atoms. The van der Waals surface area contributed by atoms with Crippen LogP contribution in [0.15, 0.2) is 36.7 Å². The topological polar surface area (TPSA) is 64.0 Å². The highest BCUT2D eigenvalue weighted by atomic mass is 32.2.